The molecule has 0 N–H and O–H groups in total. The van der Waals surface area contributed by atoms with Gasteiger partial charge in [0, 0.05) is 40.2 Å². The molecule has 1 amide bonds. The van der Waals surface area contributed by atoms with Gasteiger partial charge in [-0.2, -0.15) is 5.10 Å². The van der Waals surface area contributed by atoms with E-state index in [-0.39, 0.29) is 11.0 Å². The minimum atomic E-state index is -3.67. The number of sulfone groups is 1. The van der Waals surface area contributed by atoms with Crippen LogP contribution >= 0.6 is 34.2 Å². The van der Waals surface area contributed by atoms with Gasteiger partial charge in [0.2, 0.25) is 5.66 Å². The summed E-state index contributed by atoms with van der Waals surface area (Å²) in [5.41, 5.74) is 0.00417. The van der Waals surface area contributed by atoms with E-state index in [1.54, 1.807) is 34.2 Å². The van der Waals surface area contributed by atoms with E-state index in [4.69, 9.17) is 16.3 Å². The predicted molar refractivity (Wildman–Crippen MR) is 141 cm³/mol. The molecule has 0 spiro atoms. The van der Waals surface area contributed by atoms with Crippen molar-refractivity contribution >= 4 is 66.4 Å². The summed E-state index contributed by atoms with van der Waals surface area (Å²) < 4.78 is 32.5. The molecule has 0 aromatic heterocycles. The maximum Gasteiger partial charge on any atom is 0.270 e. The lowest BCUT2D eigenvalue weighted by molar-refractivity contribution is -0.139. The third kappa shape index (κ3) is 3.93. The summed E-state index contributed by atoms with van der Waals surface area (Å²) in [4.78, 5) is 18.3. The second-order valence-electron chi connectivity index (χ2n) is 8.60. The number of piperidine rings is 1. The van der Waals surface area contributed by atoms with Crippen LogP contribution < -0.4 is 9.91 Å². The molecule has 3 heterocycles. The number of hydrazone groups is 1. The molecule has 0 radical (unpaired) electrons. The Hall–Kier alpha value is -1.73. The number of ether oxygens (including phenoxy) is 1. The molecule has 2 unspecified atom stereocenters. The van der Waals surface area contributed by atoms with E-state index in [1.807, 2.05) is 29.2 Å². The molecule has 2 fully saturated rings. The molecule has 34 heavy (non-hydrogen) atoms. The van der Waals surface area contributed by atoms with Gasteiger partial charge >= 0.3 is 0 Å². The zero-order chi connectivity index (χ0) is 24.1. The van der Waals surface area contributed by atoms with Crippen molar-refractivity contribution in [2.24, 2.45) is 11.0 Å². The number of amides is 1. The summed E-state index contributed by atoms with van der Waals surface area (Å²) in [6, 6.07) is 14.8. The Bertz CT molecular complexity index is 1250. The van der Waals surface area contributed by atoms with Gasteiger partial charge in [0.1, 0.15) is 0 Å². The SMILES string of the molecule is CS(=O)(=O)C1=NN(c2cccc(Cl)c2)C2(N3CCOCC3)C(=O)N(c3ccc(I)cc3)CCC12. The van der Waals surface area contributed by atoms with E-state index in [2.05, 4.69) is 27.7 Å². The highest BCUT2D eigenvalue weighted by Gasteiger charge is 2.65. The molecule has 0 bridgehead atoms. The highest BCUT2D eigenvalue weighted by molar-refractivity contribution is 14.1. The standard InChI is InChI=1S/C23H24ClIN4O4S/c1-34(31,32)21-20-9-10-28(18-7-5-17(25)6-8-18)22(30)23(20,27-11-13-33-14-12-27)29(26-21)19-4-2-3-16(24)15-19/h2-8,15,20H,9-14H2,1H3. The fourth-order valence-electron chi connectivity index (χ4n) is 5.14. The number of benzene rings is 2. The van der Waals surface area contributed by atoms with Crippen LogP contribution in [0.2, 0.25) is 5.02 Å². The Morgan fingerprint density at radius 2 is 1.79 bits per heavy atom. The van der Waals surface area contributed by atoms with Crippen LogP contribution in [-0.2, 0) is 19.4 Å². The maximum absolute atomic E-state index is 14.6. The van der Waals surface area contributed by atoms with Crippen LogP contribution in [0.5, 0.6) is 0 Å². The molecular formula is C23H24ClIN4O4S. The van der Waals surface area contributed by atoms with Gasteiger partial charge in [-0.3, -0.25) is 9.69 Å². The number of hydrogen-bond donors (Lipinski definition) is 0. The van der Waals surface area contributed by atoms with Crippen molar-refractivity contribution in [3.05, 3.63) is 57.1 Å². The highest BCUT2D eigenvalue weighted by Crippen LogP contribution is 2.47. The normalized spacial score (nSPS) is 25.9. The Kier molecular flexibility index (Phi) is 6.38. The van der Waals surface area contributed by atoms with Crippen LogP contribution in [-0.4, -0.2) is 69.0 Å². The highest BCUT2D eigenvalue weighted by atomic mass is 127. The third-order valence-electron chi connectivity index (χ3n) is 6.57. The molecule has 0 aliphatic carbocycles. The monoisotopic (exact) mass is 614 g/mol. The van der Waals surface area contributed by atoms with Gasteiger partial charge in [-0.1, -0.05) is 17.7 Å². The summed E-state index contributed by atoms with van der Waals surface area (Å²) in [5.74, 6) is -0.818. The van der Waals surface area contributed by atoms with Gasteiger partial charge in [0.25, 0.3) is 5.91 Å². The molecule has 3 aliphatic rings. The van der Waals surface area contributed by atoms with Crippen LogP contribution in [0.25, 0.3) is 0 Å². The molecule has 8 nitrogen and oxygen atoms in total. The first-order valence-corrected chi connectivity index (χ1v) is 14.3. The van der Waals surface area contributed by atoms with Crippen LogP contribution in [0.4, 0.5) is 11.4 Å². The van der Waals surface area contributed by atoms with Crippen molar-refractivity contribution in [1.82, 2.24) is 4.90 Å². The average molecular weight is 615 g/mol. The molecule has 5 rings (SSSR count). The first kappa shape index (κ1) is 24.0. The van der Waals surface area contributed by atoms with E-state index < -0.39 is 21.4 Å². The number of rotatable bonds is 3. The second-order valence-corrected chi connectivity index (χ2v) is 12.2. The second kappa shape index (κ2) is 9.05. The van der Waals surface area contributed by atoms with Gasteiger partial charge in [-0.25, -0.2) is 13.4 Å². The number of nitrogens with zero attached hydrogens (tertiary/aromatic N) is 4. The predicted octanol–water partition coefficient (Wildman–Crippen LogP) is 3.20. The molecular weight excluding hydrogens is 591 g/mol. The van der Waals surface area contributed by atoms with E-state index in [0.717, 1.165) is 15.5 Å². The number of morpholine rings is 1. The molecule has 0 saturated carbocycles. The van der Waals surface area contributed by atoms with Crippen molar-refractivity contribution in [3.8, 4) is 0 Å². The lowest BCUT2D eigenvalue weighted by Gasteiger charge is -2.53. The summed E-state index contributed by atoms with van der Waals surface area (Å²) in [5, 5.41) is 6.73. The third-order valence-corrected chi connectivity index (χ3v) is 8.65. The Balaban J connectivity index is 1.72. The van der Waals surface area contributed by atoms with Crippen molar-refractivity contribution < 1.29 is 17.9 Å². The lowest BCUT2D eigenvalue weighted by Crippen LogP contribution is -2.74. The quantitative estimate of drug-likeness (QED) is 0.494. The fourth-order valence-corrected chi connectivity index (χ4v) is 6.72. The topological polar surface area (TPSA) is 82.5 Å². The molecule has 2 aromatic carbocycles. The molecule has 2 saturated heterocycles. The zero-order valence-electron chi connectivity index (χ0n) is 18.5. The fraction of sp³-hybridized carbons (Fsp3) is 0.391. The minimum absolute atomic E-state index is 0.0366. The molecule has 180 valence electrons. The van der Waals surface area contributed by atoms with Crippen LogP contribution in [0.15, 0.2) is 53.6 Å². The summed E-state index contributed by atoms with van der Waals surface area (Å²) in [6.07, 6.45) is 1.62. The zero-order valence-corrected chi connectivity index (χ0v) is 22.3. The molecule has 3 aliphatic heterocycles. The number of halogens is 2. The number of hydrogen-bond acceptors (Lipinski definition) is 7. The summed E-state index contributed by atoms with van der Waals surface area (Å²) in [6.45, 7) is 2.25. The summed E-state index contributed by atoms with van der Waals surface area (Å²) in [7, 11) is -3.67. The Morgan fingerprint density at radius 1 is 1.09 bits per heavy atom. The van der Waals surface area contributed by atoms with Crippen LogP contribution in [0.1, 0.15) is 6.42 Å². The Labute approximate surface area is 217 Å². The first-order chi connectivity index (χ1) is 16.2. The average Bonchev–Trinajstić information content (AvgIpc) is 3.18. The van der Waals surface area contributed by atoms with E-state index in [0.29, 0.717) is 50.0 Å². The molecule has 2 aromatic rings. The van der Waals surface area contributed by atoms with Crippen molar-refractivity contribution in [2.75, 3.05) is 49.0 Å². The van der Waals surface area contributed by atoms with Gasteiger partial charge in [0.15, 0.2) is 14.9 Å². The number of anilines is 2. The minimum Gasteiger partial charge on any atom is -0.379 e. The van der Waals surface area contributed by atoms with E-state index in [1.165, 1.54) is 0 Å². The van der Waals surface area contributed by atoms with E-state index >= 15 is 0 Å². The van der Waals surface area contributed by atoms with E-state index in [9.17, 15) is 13.2 Å². The van der Waals surface area contributed by atoms with Crippen LogP contribution in [0, 0.1) is 9.49 Å². The first-order valence-electron chi connectivity index (χ1n) is 11.0. The smallest absolute Gasteiger partial charge is 0.270 e. The van der Waals surface area contributed by atoms with Crippen molar-refractivity contribution in [3.63, 3.8) is 0 Å². The van der Waals surface area contributed by atoms with Gasteiger partial charge in [-0.05, 0) is 71.5 Å². The van der Waals surface area contributed by atoms with Gasteiger partial charge in [-0.15, -0.1) is 0 Å². The number of carbonyl (C=O) groups is 1. The summed E-state index contributed by atoms with van der Waals surface area (Å²) >= 11 is 8.54. The van der Waals surface area contributed by atoms with Gasteiger partial charge in [0.05, 0.1) is 24.8 Å². The Morgan fingerprint density at radius 3 is 2.44 bits per heavy atom. The maximum atomic E-state index is 14.6. The van der Waals surface area contributed by atoms with Gasteiger partial charge < -0.3 is 9.64 Å². The largest absolute Gasteiger partial charge is 0.379 e. The number of carbonyl (C=O) groups excluding carboxylic acids is 1. The number of fused-ring (bicyclic) bond motifs is 1. The van der Waals surface area contributed by atoms with Crippen LogP contribution in [0.3, 0.4) is 0 Å². The molecule has 11 heteroatoms. The lowest BCUT2D eigenvalue weighted by atomic mass is 9.83. The molecule has 2 atom stereocenters. The van der Waals surface area contributed by atoms with Crippen molar-refractivity contribution in [2.45, 2.75) is 12.1 Å². The van der Waals surface area contributed by atoms with Crippen molar-refractivity contribution in [1.29, 1.82) is 0 Å².